The molecular weight excluding hydrogens is 284 g/mol. The minimum atomic E-state index is -3.20. The number of carbonyl (C=O) groups excluding carboxylic acids is 1. The third-order valence-electron chi connectivity index (χ3n) is 6.77. The van der Waals surface area contributed by atoms with E-state index in [1.165, 1.54) is 0 Å². The first-order chi connectivity index (χ1) is 10.1. The molecule has 1 heterocycles. The molecular formula is C17H20O3S. The van der Waals surface area contributed by atoms with Crippen molar-refractivity contribution >= 4 is 15.6 Å². The Kier molecular flexibility index (Phi) is 2.34. The normalized spacial score (nSPS) is 55.3. The highest BCUT2D eigenvalue weighted by Gasteiger charge is 2.63. The molecule has 8 unspecified atom stereocenters. The molecule has 2 saturated carbocycles. The van der Waals surface area contributed by atoms with Crippen molar-refractivity contribution in [1.29, 1.82) is 0 Å². The molecule has 0 spiro atoms. The van der Waals surface area contributed by atoms with Gasteiger partial charge in [-0.2, -0.15) is 0 Å². The van der Waals surface area contributed by atoms with E-state index in [2.05, 4.69) is 24.3 Å². The van der Waals surface area contributed by atoms with Crippen molar-refractivity contribution in [3.8, 4) is 0 Å². The smallest absolute Gasteiger partial charge is 0.158 e. The summed E-state index contributed by atoms with van der Waals surface area (Å²) in [6.45, 7) is 0. The van der Waals surface area contributed by atoms with Gasteiger partial charge < -0.3 is 0 Å². The molecule has 6 aliphatic carbocycles. The summed E-state index contributed by atoms with van der Waals surface area (Å²) >= 11 is 0. The summed E-state index contributed by atoms with van der Waals surface area (Å²) in [5.41, 5.74) is 0. The maximum absolute atomic E-state index is 13.3. The highest BCUT2D eigenvalue weighted by molar-refractivity contribution is 7.92. The molecule has 8 atom stereocenters. The minimum absolute atomic E-state index is 0.0827. The largest absolute Gasteiger partial charge is 0.299 e. The van der Waals surface area contributed by atoms with Crippen LogP contribution in [0, 0.1) is 35.5 Å². The van der Waals surface area contributed by atoms with Gasteiger partial charge in [0.1, 0.15) is 5.78 Å². The Morgan fingerprint density at radius 3 is 1.48 bits per heavy atom. The van der Waals surface area contributed by atoms with Crippen molar-refractivity contribution in [1.82, 2.24) is 0 Å². The number of hydrogen-bond donors (Lipinski definition) is 0. The maximum Gasteiger partial charge on any atom is 0.158 e. The first kappa shape index (κ1) is 12.6. The number of carbonyl (C=O) groups is 1. The van der Waals surface area contributed by atoms with Gasteiger partial charge in [0.25, 0.3) is 0 Å². The molecule has 7 rings (SSSR count). The third kappa shape index (κ3) is 1.40. The molecule has 21 heavy (non-hydrogen) atoms. The summed E-state index contributed by atoms with van der Waals surface area (Å²) in [7, 11) is -3.20. The van der Waals surface area contributed by atoms with E-state index in [0.29, 0.717) is 0 Å². The zero-order valence-corrected chi connectivity index (χ0v) is 12.7. The van der Waals surface area contributed by atoms with Crippen molar-refractivity contribution in [2.24, 2.45) is 35.5 Å². The second-order valence-corrected chi connectivity index (χ2v) is 9.82. The molecule has 0 N–H and O–H groups in total. The summed E-state index contributed by atoms with van der Waals surface area (Å²) in [6, 6.07) is 0. The Morgan fingerprint density at radius 1 is 0.714 bits per heavy atom. The minimum Gasteiger partial charge on any atom is -0.299 e. The Morgan fingerprint density at radius 2 is 1.10 bits per heavy atom. The average molecular weight is 304 g/mol. The first-order valence-electron chi connectivity index (χ1n) is 8.22. The van der Waals surface area contributed by atoms with Crippen LogP contribution in [0.15, 0.2) is 24.3 Å². The van der Waals surface area contributed by atoms with E-state index in [9.17, 15) is 13.2 Å². The van der Waals surface area contributed by atoms with Gasteiger partial charge in [-0.05, 0) is 49.4 Å². The van der Waals surface area contributed by atoms with Crippen molar-refractivity contribution in [2.45, 2.75) is 36.2 Å². The van der Waals surface area contributed by atoms with Crippen LogP contribution in [-0.2, 0) is 14.6 Å². The molecule has 0 aromatic rings. The highest BCUT2D eigenvalue weighted by atomic mass is 32.2. The van der Waals surface area contributed by atoms with E-state index in [0.717, 1.165) is 25.7 Å². The van der Waals surface area contributed by atoms with Crippen LogP contribution in [0.3, 0.4) is 0 Å². The zero-order valence-electron chi connectivity index (χ0n) is 11.9. The Hall–Kier alpha value is -0.900. The summed E-state index contributed by atoms with van der Waals surface area (Å²) in [4.78, 5) is 13.1. The van der Waals surface area contributed by atoms with Crippen molar-refractivity contribution < 1.29 is 13.2 Å². The number of sulfone groups is 1. The second kappa shape index (κ2) is 3.89. The summed E-state index contributed by atoms with van der Waals surface area (Å²) in [5.74, 6) is 0.303. The number of ketones is 1. The third-order valence-corrected chi connectivity index (χ3v) is 9.57. The van der Waals surface area contributed by atoms with Crippen LogP contribution >= 0.6 is 0 Å². The van der Waals surface area contributed by atoms with E-state index in [1.54, 1.807) is 0 Å². The van der Waals surface area contributed by atoms with Gasteiger partial charge in [-0.1, -0.05) is 24.3 Å². The first-order valence-corrected chi connectivity index (χ1v) is 9.83. The van der Waals surface area contributed by atoms with Gasteiger partial charge in [-0.15, -0.1) is 0 Å². The number of Topliss-reactive ketones (excluding diaryl/α,β-unsaturated/α-hetero) is 1. The Labute approximate surface area is 125 Å². The molecule has 0 aromatic heterocycles. The molecule has 0 aromatic carbocycles. The van der Waals surface area contributed by atoms with Gasteiger partial charge in [0.05, 0.1) is 10.5 Å². The fourth-order valence-corrected chi connectivity index (χ4v) is 9.22. The average Bonchev–Trinajstić information content (AvgIpc) is 2.53. The van der Waals surface area contributed by atoms with Crippen LogP contribution in [0.2, 0.25) is 0 Å². The van der Waals surface area contributed by atoms with Crippen LogP contribution < -0.4 is 0 Å². The topological polar surface area (TPSA) is 51.2 Å². The van der Waals surface area contributed by atoms with E-state index in [4.69, 9.17) is 0 Å². The molecule has 3 fully saturated rings. The van der Waals surface area contributed by atoms with Crippen LogP contribution in [0.1, 0.15) is 25.7 Å². The van der Waals surface area contributed by atoms with Crippen LogP contribution in [-0.4, -0.2) is 24.7 Å². The fraction of sp³-hybridized carbons (Fsp3) is 0.706. The van der Waals surface area contributed by atoms with Gasteiger partial charge in [0.15, 0.2) is 9.84 Å². The van der Waals surface area contributed by atoms with Gasteiger partial charge in [-0.3, -0.25) is 4.79 Å². The maximum atomic E-state index is 13.3. The van der Waals surface area contributed by atoms with Crippen molar-refractivity contribution in [2.75, 3.05) is 0 Å². The van der Waals surface area contributed by atoms with E-state index in [-0.39, 0.29) is 41.3 Å². The van der Waals surface area contributed by atoms with Crippen LogP contribution in [0.5, 0.6) is 0 Å². The van der Waals surface area contributed by atoms with Crippen molar-refractivity contribution in [3.05, 3.63) is 24.3 Å². The summed E-state index contributed by atoms with van der Waals surface area (Å²) < 4.78 is 26.6. The lowest BCUT2D eigenvalue weighted by atomic mass is 9.59. The molecule has 112 valence electrons. The van der Waals surface area contributed by atoms with Gasteiger partial charge in [-0.25, -0.2) is 8.42 Å². The molecule has 1 saturated heterocycles. The Bertz CT molecular complexity index is 624. The quantitative estimate of drug-likeness (QED) is 0.644. The second-order valence-electron chi connectivity index (χ2n) is 7.55. The lowest BCUT2D eigenvalue weighted by Crippen LogP contribution is -2.64. The van der Waals surface area contributed by atoms with Gasteiger partial charge >= 0.3 is 0 Å². The number of fused-ring (bicyclic) bond motifs is 2. The predicted molar refractivity (Wildman–Crippen MR) is 79.2 cm³/mol. The summed E-state index contributed by atoms with van der Waals surface area (Å²) in [6.07, 6.45) is 12.3. The van der Waals surface area contributed by atoms with Gasteiger partial charge in [0.2, 0.25) is 0 Å². The van der Waals surface area contributed by atoms with Crippen molar-refractivity contribution in [3.63, 3.8) is 0 Å². The zero-order chi connectivity index (χ0) is 14.4. The van der Waals surface area contributed by atoms with E-state index in [1.807, 2.05) is 0 Å². The molecule has 0 radical (unpaired) electrons. The lowest BCUT2D eigenvalue weighted by molar-refractivity contribution is -0.133. The summed E-state index contributed by atoms with van der Waals surface area (Å²) in [5, 5.41) is -0.828. The monoisotopic (exact) mass is 304 g/mol. The molecule has 7 aliphatic rings. The molecule has 4 heteroatoms. The number of hydrogen-bond acceptors (Lipinski definition) is 3. The highest BCUT2D eigenvalue weighted by Crippen LogP contribution is 2.56. The van der Waals surface area contributed by atoms with Gasteiger partial charge in [0, 0.05) is 11.8 Å². The predicted octanol–water partition coefficient (Wildman–Crippen LogP) is 2.15. The Balaban J connectivity index is 1.70. The lowest BCUT2D eigenvalue weighted by Gasteiger charge is -2.55. The molecule has 4 bridgehead atoms. The molecule has 3 nitrogen and oxygen atoms in total. The standard InChI is InChI=1S/C17H20O3S/c18-15-13-9-1-5-11(6-2-9)16(13)21(19,20)17-12-7-3-10(4-8-12)14(15)17/h1,3,5,7,9-14,16-17H,2,4,6,8H2. The fourth-order valence-electron chi connectivity index (χ4n) is 5.94. The SMILES string of the molecule is O=C1C2C3C=CC(CC3)C2S(=O)(=O)C2C3C=CC(CC3)C12. The number of allylic oxidation sites excluding steroid dienone is 4. The molecule has 1 aliphatic heterocycles. The molecule has 0 amide bonds. The van der Waals surface area contributed by atoms with Crippen LogP contribution in [0.4, 0.5) is 0 Å². The van der Waals surface area contributed by atoms with E-state index < -0.39 is 20.3 Å². The van der Waals surface area contributed by atoms with E-state index >= 15 is 0 Å². The number of rotatable bonds is 0. The van der Waals surface area contributed by atoms with Crippen LogP contribution in [0.25, 0.3) is 0 Å².